The maximum absolute atomic E-state index is 11.6. The van der Waals surface area contributed by atoms with Crippen molar-refractivity contribution in [2.24, 2.45) is 0 Å². The summed E-state index contributed by atoms with van der Waals surface area (Å²) in [6.45, 7) is 4.83. The lowest BCUT2D eigenvalue weighted by Crippen LogP contribution is -2.46. The van der Waals surface area contributed by atoms with Crippen LogP contribution >= 0.6 is 0 Å². The van der Waals surface area contributed by atoms with Crippen LogP contribution in [-0.2, 0) is 4.89 Å². The fraction of sp³-hybridized carbons (Fsp3) is 0.417. The molecule has 1 aliphatic heterocycles. The monoisotopic (exact) mass is 236 g/mol. The molecule has 92 valence electrons. The highest BCUT2D eigenvalue weighted by Gasteiger charge is 2.18. The first kappa shape index (κ1) is 11.7. The quantitative estimate of drug-likeness (QED) is 0.621. The van der Waals surface area contributed by atoms with Crippen molar-refractivity contribution >= 4 is 6.09 Å². The Hall–Kier alpha value is -1.75. The van der Waals surface area contributed by atoms with Gasteiger partial charge in [-0.25, -0.2) is 9.68 Å². The summed E-state index contributed by atoms with van der Waals surface area (Å²) >= 11 is 0. The molecule has 5 nitrogen and oxygen atoms in total. The third-order valence-electron chi connectivity index (χ3n) is 2.57. The van der Waals surface area contributed by atoms with Crippen molar-refractivity contribution in [3.8, 4) is 5.75 Å². The van der Waals surface area contributed by atoms with Crippen LogP contribution in [0.2, 0.25) is 0 Å². The number of hydrogen-bond donors (Lipinski definition) is 1. The van der Waals surface area contributed by atoms with E-state index in [-0.39, 0.29) is 0 Å². The molecule has 1 saturated heterocycles. The molecule has 1 amide bonds. The van der Waals surface area contributed by atoms with E-state index in [0.717, 1.165) is 18.7 Å². The minimum atomic E-state index is -0.437. The van der Waals surface area contributed by atoms with Crippen molar-refractivity contribution < 1.29 is 14.6 Å². The van der Waals surface area contributed by atoms with Gasteiger partial charge in [-0.1, -0.05) is 12.1 Å². The highest BCUT2D eigenvalue weighted by molar-refractivity contribution is 5.67. The zero-order valence-electron chi connectivity index (χ0n) is 9.81. The van der Waals surface area contributed by atoms with Gasteiger partial charge >= 0.3 is 6.09 Å². The summed E-state index contributed by atoms with van der Waals surface area (Å²) in [6, 6.07) is 7.36. The highest BCUT2D eigenvalue weighted by Crippen LogP contribution is 2.13. The molecule has 17 heavy (non-hydrogen) atoms. The number of carbonyl (C=O) groups excluding carboxylic acids is 1. The summed E-state index contributed by atoms with van der Waals surface area (Å²) in [4.78, 5) is 23.0. The van der Waals surface area contributed by atoms with Crippen molar-refractivity contribution in [1.29, 1.82) is 0 Å². The molecular formula is C12H16N2O3. The molecule has 2 rings (SSSR count). The number of carbonyl (C=O) groups is 1. The Morgan fingerprint density at radius 1 is 1.35 bits per heavy atom. The van der Waals surface area contributed by atoms with Crippen LogP contribution in [0.4, 0.5) is 4.79 Å². The lowest BCUT2D eigenvalue weighted by atomic mass is 10.2. The zero-order valence-corrected chi connectivity index (χ0v) is 9.81. The summed E-state index contributed by atoms with van der Waals surface area (Å²) in [5, 5.41) is 3.16. The number of nitrogens with one attached hydrogen (secondary N) is 1. The van der Waals surface area contributed by atoms with Gasteiger partial charge in [0.05, 0.1) is 0 Å². The number of benzene rings is 1. The fourth-order valence-corrected chi connectivity index (χ4v) is 1.65. The average molecular weight is 236 g/mol. The van der Waals surface area contributed by atoms with Gasteiger partial charge in [0.25, 0.3) is 0 Å². The standard InChI is InChI=1S/C12H16N2O3/c1-10-3-2-4-11(9-10)16-17-12(15)14-7-5-13-6-8-14/h2-4,9,13H,5-8H2,1H3. The number of aryl methyl sites for hydroxylation is 1. The van der Waals surface area contributed by atoms with Crippen LogP contribution in [0.1, 0.15) is 5.56 Å². The number of rotatable bonds is 2. The minimum Gasteiger partial charge on any atom is -0.313 e. The second-order valence-electron chi connectivity index (χ2n) is 3.99. The zero-order chi connectivity index (χ0) is 12.1. The van der Waals surface area contributed by atoms with Crippen molar-refractivity contribution in [3.05, 3.63) is 29.8 Å². The van der Waals surface area contributed by atoms with Crippen LogP contribution in [-0.4, -0.2) is 37.2 Å². The number of hydrogen-bond acceptors (Lipinski definition) is 4. The molecule has 0 spiro atoms. The molecule has 0 aromatic heterocycles. The molecule has 5 heteroatoms. The molecule has 0 unspecified atom stereocenters. The Balaban J connectivity index is 1.83. The first-order valence-electron chi connectivity index (χ1n) is 5.66. The van der Waals surface area contributed by atoms with E-state index < -0.39 is 6.09 Å². The molecule has 0 radical (unpaired) electrons. The number of nitrogens with zero attached hydrogens (tertiary/aromatic N) is 1. The smallest absolute Gasteiger partial charge is 0.313 e. The lowest BCUT2D eigenvalue weighted by Gasteiger charge is -2.25. The van der Waals surface area contributed by atoms with E-state index in [1.165, 1.54) is 0 Å². The first-order valence-corrected chi connectivity index (χ1v) is 5.66. The Kier molecular flexibility index (Phi) is 3.82. The summed E-state index contributed by atoms with van der Waals surface area (Å²) < 4.78 is 0. The minimum absolute atomic E-state index is 0.437. The van der Waals surface area contributed by atoms with Gasteiger partial charge in [0.15, 0.2) is 5.75 Å². The van der Waals surface area contributed by atoms with Gasteiger partial charge in [-0.3, -0.25) is 4.89 Å². The maximum Gasteiger partial charge on any atom is 0.452 e. The van der Waals surface area contributed by atoms with Gasteiger partial charge < -0.3 is 10.2 Å². The fourth-order valence-electron chi connectivity index (χ4n) is 1.65. The van der Waals surface area contributed by atoms with Crippen molar-refractivity contribution in [2.75, 3.05) is 26.2 Å². The molecule has 0 saturated carbocycles. The Bertz CT molecular complexity index is 389. The Morgan fingerprint density at radius 3 is 2.82 bits per heavy atom. The molecule has 1 aliphatic rings. The molecule has 0 aliphatic carbocycles. The summed E-state index contributed by atoms with van der Waals surface area (Å²) in [7, 11) is 0. The predicted molar refractivity (Wildman–Crippen MR) is 62.7 cm³/mol. The van der Waals surface area contributed by atoms with Crippen LogP contribution in [0.5, 0.6) is 5.75 Å². The molecule has 1 N–H and O–H groups in total. The maximum atomic E-state index is 11.6. The number of piperazine rings is 1. The molecular weight excluding hydrogens is 220 g/mol. The predicted octanol–water partition coefficient (Wildman–Crippen LogP) is 1.33. The van der Waals surface area contributed by atoms with E-state index >= 15 is 0 Å². The summed E-state index contributed by atoms with van der Waals surface area (Å²) in [5.74, 6) is 0.536. The lowest BCUT2D eigenvalue weighted by molar-refractivity contribution is -0.154. The topological polar surface area (TPSA) is 50.8 Å². The first-order chi connectivity index (χ1) is 8.25. The highest BCUT2D eigenvalue weighted by atomic mass is 17.2. The second kappa shape index (κ2) is 5.54. The van der Waals surface area contributed by atoms with Crippen molar-refractivity contribution in [3.63, 3.8) is 0 Å². The normalized spacial score (nSPS) is 15.5. The summed E-state index contributed by atoms with van der Waals surface area (Å²) in [6.07, 6.45) is -0.437. The molecule has 0 atom stereocenters. The molecule has 1 aromatic carbocycles. The Labute approximate surface area is 100 Å². The third kappa shape index (κ3) is 3.35. The summed E-state index contributed by atoms with van der Waals surface area (Å²) in [5.41, 5.74) is 1.06. The van der Waals surface area contributed by atoms with E-state index in [1.807, 2.05) is 25.1 Å². The van der Waals surface area contributed by atoms with Crippen molar-refractivity contribution in [1.82, 2.24) is 10.2 Å². The molecule has 1 heterocycles. The molecule has 1 aromatic rings. The van der Waals surface area contributed by atoms with Crippen LogP contribution in [0.15, 0.2) is 24.3 Å². The van der Waals surface area contributed by atoms with Gasteiger partial charge in [0, 0.05) is 26.2 Å². The second-order valence-corrected chi connectivity index (χ2v) is 3.99. The van der Waals surface area contributed by atoms with E-state index in [2.05, 4.69) is 5.32 Å². The molecule has 0 bridgehead atoms. The van der Waals surface area contributed by atoms with Crippen molar-refractivity contribution in [2.45, 2.75) is 6.92 Å². The van der Waals surface area contributed by atoms with Crippen LogP contribution in [0.25, 0.3) is 0 Å². The third-order valence-corrected chi connectivity index (χ3v) is 2.57. The van der Waals surface area contributed by atoms with E-state index in [0.29, 0.717) is 18.8 Å². The largest absolute Gasteiger partial charge is 0.452 e. The molecule has 1 fully saturated rings. The Morgan fingerprint density at radius 2 is 2.12 bits per heavy atom. The van der Waals surface area contributed by atoms with Crippen LogP contribution in [0, 0.1) is 6.92 Å². The van der Waals surface area contributed by atoms with Gasteiger partial charge in [0.2, 0.25) is 0 Å². The SMILES string of the molecule is Cc1cccc(OOC(=O)N2CCNCC2)c1. The van der Waals surface area contributed by atoms with E-state index in [4.69, 9.17) is 9.78 Å². The average Bonchev–Trinajstić information content (AvgIpc) is 2.37. The van der Waals surface area contributed by atoms with Crippen LogP contribution < -0.4 is 10.2 Å². The van der Waals surface area contributed by atoms with Gasteiger partial charge in [0.1, 0.15) is 0 Å². The van der Waals surface area contributed by atoms with E-state index in [1.54, 1.807) is 11.0 Å². The van der Waals surface area contributed by atoms with E-state index in [9.17, 15) is 4.79 Å². The van der Waals surface area contributed by atoms with Gasteiger partial charge in [-0.05, 0) is 24.6 Å². The van der Waals surface area contributed by atoms with Gasteiger partial charge in [-0.2, -0.15) is 0 Å². The number of amides is 1. The van der Waals surface area contributed by atoms with Gasteiger partial charge in [-0.15, -0.1) is 0 Å². The van der Waals surface area contributed by atoms with Crippen LogP contribution in [0.3, 0.4) is 0 Å².